The number of para-hydroxylation sites is 1. The molecule has 124 valence electrons. The van der Waals surface area contributed by atoms with Crippen molar-refractivity contribution in [3.63, 3.8) is 0 Å². The molecule has 5 heteroatoms. The van der Waals surface area contributed by atoms with Gasteiger partial charge in [-0.05, 0) is 43.2 Å². The lowest BCUT2D eigenvalue weighted by Crippen LogP contribution is -2.24. The number of aromatic nitrogens is 2. The van der Waals surface area contributed by atoms with Crippen LogP contribution < -0.4 is 5.32 Å². The normalized spacial score (nSPS) is 22.9. The maximum Gasteiger partial charge on any atom is 0.228 e. The average molecular weight is 322 g/mol. The minimum absolute atomic E-state index is 0.00979. The Bertz CT molecular complexity index is 731. The van der Waals surface area contributed by atoms with Crippen molar-refractivity contribution in [2.24, 2.45) is 17.8 Å². The number of anilines is 1. The van der Waals surface area contributed by atoms with Crippen LogP contribution in [0.15, 0.2) is 42.9 Å². The lowest BCUT2D eigenvalue weighted by atomic mass is 9.97. The van der Waals surface area contributed by atoms with E-state index < -0.39 is 0 Å². The highest BCUT2D eigenvalue weighted by Gasteiger charge is 2.35. The van der Waals surface area contributed by atoms with E-state index in [1.165, 1.54) is 0 Å². The SMILES string of the molecule is C[C@@H]1CC(CCC#N)C[C@H]1C(=O)Nc1cn(-c2ccccc2)cn1. The molecule has 0 spiro atoms. The first-order valence-corrected chi connectivity index (χ1v) is 8.44. The fraction of sp³-hybridized carbons (Fsp3) is 0.421. The molecule has 1 N–H and O–H groups in total. The number of nitrogens with one attached hydrogen (secondary N) is 1. The molecule has 3 atom stereocenters. The van der Waals surface area contributed by atoms with Gasteiger partial charge in [-0.1, -0.05) is 25.1 Å². The van der Waals surface area contributed by atoms with E-state index in [1.807, 2.05) is 41.1 Å². The van der Waals surface area contributed by atoms with Crippen LogP contribution in [-0.4, -0.2) is 15.5 Å². The van der Waals surface area contributed by atoms with Crippen molar-refractivity contribution >= 4 is 11.7 Å². The van der Waals surface area contributed by atoms with Crippen molar-refractivity contribution in [3.8, 4) is 11.8 Å². The Balaban J connectivity index is 1.61. The highest BCUT2D eigenvalue weighted by molar-refractivity contribution is 5.92. The van der Waals surface area contributed by atoms with Crippen molar-refractivity contribution in [3.05, 3.63) is 42.9 Å². The molecule has 2 aromatic rings. The van der Waals surface area contributed by atoms with Gasteiger partial charge in [0.2, 0.25) is 5.91 Å². The van der Waals surface area contributed by atoms with Gasteiger partial charge in [-0.25, -0.2) is 4.98 Å². The minimum Gasteiger partial charge on any atom is -0.309 e. The minimum atomic E-state index is 0.00979. The molecule has 1 heterocycles. The monoisotopic (exact) mass is 322 g/mol. The van der Waals surface area contributed by atoms with Gasteiger partial charge in [-0.3, -0.25) is 4.79 Å². The molecule has 24 heavy (non-hydrogen) atoms. The van der Waals surface area contributed by atoms with Crippen molar-refractivity contribution < 1.29 is 4.79 Å². The zero-order chi connectivity index (χ0) is 16.9. The Kier molecular flexibility index (Phi) is 4.95. The van der Waals surface area contributed by atoms with Gasteiger partial charge in [0, 0.05) is 18.0 Å². The summed E-state index contributed by atoms with van der Waals surface area (Å²) < 4.78 is 1.89. The van der Waals surface area contributed by atoms with Crippen molar-refractivity contribution in [2.75, 3.05) is 5.32 Å². The third kappa shape index (κ3) is 3.65. The summed E-state index contributed by atoms with van der Waals surface area (Å²) in [7, 11) is 0. The summed E-state index contributed by atoms with van der Waals surface area (Å²) >= 11 is 0. The Morgan fingerprint density at radius 1 is 1.38 bits per heavy atom. The Morgan fingerprint density at radius 3 is 2.92 bits per heavy atom. The summed E-state index contributed by atoms with van der Waals surface area (Å²) in [5.74, 6) is 1.47. The van der Waals surface area contributed by atoms with E-state index in [4.69, 9.17) is 5.26 Å². The number of hydrogen-bond acceptors (Lipinski definition) is 3. The number of hydrogen-bond donors (Lipinski definition) is 1. The molecule has 1 aromatic carbocycles. The highest BCUT2D eigenvalue weighted by Crippen LogP contribution is 2.39. The number of amides is 1. The maximum absolute atomic E-state index is 12.6. The Morgan fingerprint density at radius 2 is 2.17 bits per heavy atom. The van der Waals surface area contributed by atoms with E-state index in [0.29, 0.717) is 24.1 Å². The second-order valence-electron chi connectivity index (χ2n) is 6.61. The first kappa shape index (κ1) is 16.3. The summed E-state index contributed by atoms with van der Waals surface area (Å²) in [6.07, 6.45) is 6.91. The largest absolute Gasteiger partial charge is 0.309 e. The number of rotatable bonds is 5. The summed E-state index contributed by atoms with van der Waals surface area (Å²) in [5, 5.41) is 11.7. The molecule has 0 aliphatic heterocycles. The number of carbonyl (C=O) groups is 1. The van der Waals surface area contributed by atoms with Gasteiger partial charge in [-0.2, -0.15) is 5.26 Å². The van der Waals surface area contributed by atoms with Crippen LogP contribution >= 0.6 is 0 Å². The second-order valence-corrected chi connectivity index (χ2v) is 6.61. The maximum atomic E-state index is 12.6. The molecule has 3 rings (SSSR count). The lowest BCUT2D eigenvalue weighted by molar-refractivity contribution is -0.120. The van der Waals surface area contributed by atoms with Gasteiger partial charge >= 0.3 is 0 Å². The number of nitriles is 1. The molecule has 1 unspecified atom stereocenters. The molecule has 1 amide bonds. The number of imidazole rings is 1. The van der Waals surface area contributed by atoms with Crippen LogP contribution in [0.3, 0.4) is 0 Å². The first-order chi connectivity index (χ1) is 11.7. The van der Waals surface area contributed by atoms with E-state index in [1.54, 1.807) is 6.33 Å². The molecule has 1 aliphatic rings. The molecule has 1 aliphatic carbocycles. The van der Waals surface area contributed by atoms with Crippen molar-refractivity contribution in [2.45, 2.75) is 32.6 Å². The van der Waals surface area contributed by atoms with E-state index in [9.17, 15) is 4.79 Å². The average Bonchev–Trinajstić information content (AvgIpc) is 3.20. The second kappa shape index (κ2) is 7.31. The van der Waals surface area contributed by atoms with Crippen molar-refractivity contribution in [1.82, 2.24) is 9.55 Å². The summed E-state index contributed by atoms with van der Waals surface area (Å²) in [5.41, 5.74) is 1.01. The summed E-state index contributed by atoms with van der Waals surface area (Å²) in [4.78, 5) is 16.9. The topological polar surface area (TPSA) is 70.7 Å². The predicted molar refractivity (Wildman–Crippen MR) is 92.4 cm³/mol. The number of carbonyl (C=O) groups excluding carboxylic acids is 1. The van der Waals surface area contributed by atoms with Gasteiger partial charge in [0.1, 0.15) is 6.33 Å². The third-order valence-electron chi connectivity index (χ3n) is 4.87. The van der Waals surface area contributed by atoms with E-state index in [0.717, 1.165) is 24.9 Å². The molecule has 0 radical (unpaired) electrons. The van der Waals surface area contributed by atoms with Crippen LogP contribution in [0.5, 0.6) is 0 Å². The van der Waals surface area contributed by atoms with Gasteiger partial charge in [0.05, 0.1) is 12.3 Å². The van der Waals surface area contributed by atoms with Crippen LogP contribution in [0.2, 0.25) is 0 Å². The lowest BCUT2D eigenvalue weighted by Gasteiger charge is -2.13. The van der Waals surface area contributed by atoms with E-state index in [2.05, 4.69) is 23.3 Å². The molecule has 0 bridgehead atoms. The molecule has 5 nitrogen and oxygen atoms in total. The van der Waals surface area contributed by atoms with Gasteiger partial charge in [0.15, 0.2) is 5.82 Å². The van der Waals surface area contributed by atoms with Crippen LogP contribution in [0.25, 0.3) is 5.69 Å². The molecular formula is C19H22N4O. The summed E-state index contributed by atoms with van der Waals surface area (Å²) in [6.45, 7) is 2.12. The van der Waals surface area contributed by atoms with Crippen LogP contribution in [0.4, 0.5) is 5.82 Å². The van der Waals surface area contributed by atoms with Gasteiger partial charge < -0.3 is 9.88 Å². The molecule has 1 fully saturated rings. The fourth-order valence-electron chi connectivity index (χ4n) is 3.60. The zero-order valence-electron chi connectivity index (χ0n) is 13.9. The predicted octanol–water partition coefficient (Wildman–Crippen LogP) is 3.78. The van der Waals surface area contributed by atoms with Crippen molar-refractivity contribution in [1.29, 1.82) is 5.26 Å². The highest BCUT2D eigenvalue weighted by atomic mass is 16.2. The van der Waals surface area contributed by atoms with Gasteiger partial charge in [-0.15, -0.1) is 0 Å². The Labute approximate surface area is 142 Å². The molecule has 0 saturated heterocycles. The molecular weight excluding hydrogens is 300 g/mol. The quantitative estimate of drug-likeness (QED) is 0.910. The van der Waals surface area contributed by atoms with Gasteiger partial charge in [0.25, 0.3) is 0 Å². The van der Waals surface area contributed by atoms with E-state index >= 15 is 0 Å². The fourth-order valence-corrected chi connectivity index (χ4v) is 3.60. The first-order valence-electron chi connectivity index (χ1n) is 8.44. The molecule has 1 saturated carbocycles. The Hall–Kier alpha value is -2.61. The van der Waals surface area contributed by atoms with E-state index in [-0.39, 0.29) is 11.8 Å². The van der Waals surface area contributed by atoms with Crippen LogP contribution in [-0.2, 0) is 4.79 Å². The van der Waals surface area contributed by atoms with Crippen LogP contribution in [0, 0.1) is 29.1 Å². The smallest absolute Gasteiger partial charge is 0.228 e. The number of benzene rings is 1. The standard InChI is InChI=1S/C19H22N4O/c1-14-10-15(6-5-9-20)11-17(14)19(24)22-18-12-23(13-21-18)16-7-3-2-4-8-16/h2-4,7-8,12-15,17H,5-6,10-11H2,1H3,(H,22,24)/t14-,15?,17-/m1/s1. The van der Waals surface area contributed by atoms with Crippen LogP contribution in [0.1, 0.15) is 32.6 Å². The number of nitrogens with zero attached hydrogens (tertiary/aromatic N) is 3. The zero-order valence-corrected chi connectivity index (χ0v) is 13.9. The molecule has 1 aromatic heterocycles. The summed E-state index contributed by atoms with van der Waals surface area (Å²) in [6, 6.07) is 12.1. The third-order valence-corrected chi connectivity index (χ3v) is 4.87.